The van der Waals surface area contributed by atoms with Gasteiger partial charge in [0.1, 0.15) is 17.3 Å². The molecule has 0 aromatic carbocycles. The number of esters is 1. The summed E-state index contributed by atoms with van der Waals surface area (Å²) in [6.45, 7) is 1.80. The van der Waals surface area contributed by atoms with E-state index in [2.05, 4.69) is 4.98 Å². The summed E-state index contributed by atoms with van der Waals surface area (Å²) in [7, 11) is 1.30. The van der Waals surface area contributed by atoms with Gasteiger partial charge in [0.2, 0.25) is 0 Å². The molecular formula is C11H14F2N2O3. The minimum atomic E-state index is -2.84. The standard InChI is InChI=1S/C11H14F2N2O3/c1-3-18-9(16)4-6-7(17-2)5-8(14)15-10(6)11(12)13/h5,11H,3-4H2,1-2H3,(H2,14,15). The fraction of sp³-hybridized carbons (Fsp3) is 0.455. The first-order valence-corrected chi connectivity index (χ1v) is 5.26. The maximum atomic E-state index is 12.8. The molecular weight excluding hydrogens is 246 g/mol. The third kappa shape index (κ3) is 3.28. The summed E-state index contributed by atoms with van der Waals surface area (Å²) in [6, 6.07) is 1.29. The number of alkyl halides is 2. The van der Waals surface area contributed by atoms with Gasteiger partial charge in [0, 0.05) is 11.6 Å². The van der Waals surface area contributed by atoms with Gasteiger partial charge in [-0.05, 0) is 6.92 Å². The van der Waals surface area contributed by atoms with Gasteiger partial charge in [0.15, 0.2) is 0 Å². The number of nitrogens with two attached hydrogens (primary N) is 1. The van der Waals surface area contributed by atoms with E-state index in [9.17, 15) is 13.6 Å². The summed E-state index contributed by atoms with van der Waals surface area (Å²) in [4.78, 5) is 14.9. The average molecular weight is 260 g/mol. The highest BCUT2D eigenvalue weighted by molar-refractivity contribution is 5.74. The van der Waals surface area contributed by atoms with Gasteiger partial charge in [-0.1, -0.05) is 0 Å². The van der Waals surface area contributed by atoms with Crippen LogP contribution < -0.4 is 10.5 Å². The number of methoxy groups -OCH3 is 1. The van der Waals surface area contributed by atoms with E-state index < -0.39 is 18.1 Å². The van der Waals surface area contributed by atoms with Crippen molar-refractivity contribution in [3.05, 3.63) is 17.3 Å². The lowest BCUT2D eigenvalue weighted by Crippen LogP contribution is -2.12. The molecule has 1 heterocycles. The Morgan fingerprint density at radius 2 is 2.22 bits per heavy atom. The lowest BCUT2D eigenvalue weighted by Gasteiger charge is -2.13. The molecule has 0 aliphatic carbocycles. The first-order valence-electron chi connectivity index (χ1n) is 5.26. The number of hydrogen-bond acceptors (Lipinski definition) is 5. The monoisotopic (exact) mass is 260 g/mol. The van der Waals surface area contributed by atoms with Crippen molar-refractivity contribution < 1.29 is 23.0 Å². The zero-order valence-electron chi connectivity index (χ0n) is 10.1. The molecule has 0 aliphatic heterocycles. The molecule has 5 nitrogen and oxygen atoms in total. The largest absolute Gasteiger partial charge is 0.496 e. The Balaban J connectivity index is 3.16. The Kier molecular flexibility index (Phi) is 4.82. The number of nitrogens with zero attached hydrogens (tertiary/aromatic N) is 1. The van der Waals surface area contributed by atoms with Gasteiger partial charge in [-0.2, -0.15) is 0 Å². The maximum absolute atomic E-state index is 12.8. The van der Waals surface area contributed by atoms with Crippen molar-refractivity contribution >= 4 is 11.8 Å². The minimum absolute atomic E-state index is 0.000139. The molecule has 7 heteroatoms. The van der Waals surface area contributed by atoms with Crippen LogP contribution in [0.15, 0.2) is 6.07 Å². The molecule has 1 aromatic rings. The maximum Gasteiger partial charge on any atom is 0.310 e. The number of ether oxygens (including phenoxy) is 2. The second-order valence-corrected chi connectivity index (χ2v) is 3.40. The van der Waals surface area contributed by atoms with Crippen LogP contribution in [0.5, 0.6) is 5.75 Å². The third-order valence-corrected chi connectivity index (χ3v) is 2.19. The quantitative estimate of drug-likeness (QED) is 0.816. The molecule has 2 N–H and O–H groups in total. The van der Waals surface area contributed by atoms with Crippen molar-refractivity contribution in [2.24, 2.45) is 0 Å². The summed E-state index contributed by atoms with van der Waals surface area (Å²) in [5, 5.41) is 0. The van der Waals surface area contributed by atoms with Crippen LogP contribution in [0.1, 0.15) is 24.6 Å². The second-order valence-electron chi connectivity index (χ2n) is 3.40. The van der Waals surface area contributed by atoms with Crippen LogP contribution in [0.4, 0.5) is 14.6 Å². The van der Waals surface area contributed by atoms with Gasteiger partial charge in [-0.3, -0.25) is 4.79 Å². The summed E-state index contributed by atoms with van der Waals surface area (Å²) >= 11 is 0. The molecule has 1 rings (SSSR count). The lowest BCUT2D eigenvalue weighted by atomic mass is 10.1. The Morgan fingerprint density at radius 3 is 2.72 bits per heavy atom. The number of halogens is 2. The van der Waals surface area contributed by atoms with Gasteiger partial charge in [-0.25, -0.2) is 13.8 Å². The Hall–Kier alpha value is -1.92. The Morgan fingerprint density at radius 1 is 1.56 bits per heavy atom. The van der Waals surface area contributed by atoms with E-state index in [1.807, 2.05) is 0 Å². The van der Waals surface area contributed by atoms with Crippen molar-refractivity contribution in [2.75, 3.05) is 19.5 Å². The van der Waals surface area contributed by atoms with E-state index in [0.717, 1.165) is 0 Å². The first kappa shape index (κ1) is 14.1. The van der Waals surface area contributed by atoms with E-state index in [1.165, 1.54) is 13.2 Å². The van der Waals surface area contributed by atoms with E-state index >= 15 is 0 Å². The van der Waals surface area contributed by atoms with E-state index in [0.29, 0.717) is 0 Å². The number of anilines is 1. The van der Waals surface area contributed by atoms with Crippen LogP contribution in [-0.4, -0.2) is 24.7 Å². The molecule has 100 valence electrons. The second kappa shape index (κ2) is 6.13. The molecule has 0 atom stereocenters. The highest BCUT2D eigenvalue weighted by Crippen LogP contribution is 2.30. The molecule has 0 spiro atoms. The Bertz CT molecular complexity index is 439. The molecule has 0 fully saturated rings. The van der Waals surface area contributed by atoms with E-state index in [1.54, 1.807) is 6.92 Å². The number of carbonyl (C=O) groups excluding carboxylic acids is 1. The summed E-state index contributed by atoms with van der Waals surface area (Å²) in [5.74, 6) is -0.607. The minimum Gasteiger partial charge on any atom is -0.496 e. The molecule has 18 heavy (non-hydrogen) atoms. The number of rotatable bonds is 5. The third-order valence-electron chi connectivity index (χ3n) is 2.19. The van der Waals surface area contributed by atoms with Crippen LogP contribution >= 0.6 is 0 Å². The lowest BCUT2D eigenvalue weighted by molar-refractivity contribution is -0.142. The van der Waals surface area contributed by atoms with Crippen LogP contribution in [0, 0.1) is 0 Å². The summed E-state index contributed by atoms with van der Waals surface area (Å²) in [5.41, 5.74) is 4.84. The fourth-order valence-electron chi connectivity index (χ4n) is 1.48. The summed E-state index contributed by atoms with van der Waals surface area (Å²) < 4.78 is 35.3. The molecule has 0 saturated carbocycles. The number of aromatic nitrogens is 1. The van der Waals surface area contributed by atoms with Crippen LogP contribution in [-0.2, 0) is 16.0 Å². The zero-order chi connectivity index (χ0) is 13.7. The molecule has 1 aromatic heterocycles. The van der Waals surface area contributed by atoms with Crippen molar-refractivity contribution in [1.29, 1.82) is 0 Å². The average Bonchev–Trinajstić information content (AvgIpc) is 2.30. The van der Waals surface area contributed by atoms with Crippen LogP contribution in [0.25, 0.3) is 0 Å². The first-order chi connectivity index (χ1) is 8.49. The Labute approximate surface area is 103 Å². The number of hydrogen-bond donors (Lipinski definition) is 1. The highest BCUT2D eigenvalue weighted by atomic mass is 19.3. The van der Waals surface area contributed by atoms with Crippen LogP contribution in [0.2, 0.25) is 0 Å². The smallest absolute Gasteiger partial charge is 0.310 e. The topological polar surface area (TPSA) is 74.4 Å². The van der Waals surface area contributed by atoms with Crippen LogP contribution in [0.3, 0.4) is 0 Å². The van der Waals surface area contributed by atoms with Gasteiger partial charge in [-0.15, -0.1) is 0 Å². The van der Waals surface area contributed by atoms with Crippen molar-refractivity contribution in [1.82, 2.24) is 4.98 Å². The normalized spacial score (nSPS) is 10.5. The number of carbonyl (C=O) groups is 1. The van der Waals surface area contributed by atoms with Gasteiger partial charge >= 0.3 is 5.97 Å². The van der Waals surface area contributed by atoms with E-state index in [-0.39, 0.29) is 30.2 Å². The van der Waals surface area contributed by atoms with Gasteiger partial charge in [0.05, 0.1) is 20.1 Å². The molecule has 0 radical (unpaired) electrons. The zero-order valence-corrected chi connectivity index (χ0v) is 10.1. The van der Waals surface area contributed by atoms with Gasteiger partial charge < -0.3 is 15.2 Å². The SMILES string of the molecule is CCOC(=O)Cc1c(OC)cc(N)nc1C(F)F. The molecule has 0 amide bonds. The van der Waals surface area contributed by atoms with Crippen molar-refractivity contribution in [2.45, 2.75) is 19.8 Å². The predicted octanol–water partition coefficient (Wildman–Crippen LogP) is 1.72. The van der Waals surface area contributed by atoms with Crippen molar-refractivity contribution in [3.63, 3.8) is 0 Å². The number of pyridine rings is 1. The molecule has 0 aliphatic rings. The highest BCUT2D eigenvalue weighted by Gasteiger charge is 2.22. The van der Waals surface area contributed by atoms with E-state index in [4.69, 9.17) is 15.2 Å². The van der Waals surface area contributed by atoms with Crippen molar-refractivity contribution in [3.8, 4) is 5.75 Å². The summed E-state index contributed by atoms with van der Waals surface area (Å²) in [6.07, 6.45) is -3.17. The predicted molar refractivity (Wildman–Crippen MR) is 60.5 cm³/mol. The van der Waals surface area contributed by atoms with Gasteiger partial charge in [0.25, 0.3) is 6.43 Å². The molecule has 0 bridgehead atoms. The molecule has 0 saturated heterocycles. The number of nitrogen functional groups attached to an aromatic ring is 1. The molecule has 0 unspecified atom stereocenters. The fourth-order valence-corrected chi connectivity index (χ4v) is 1.48.